The number of unbranched alkanes of at least 4 members (excludes halogenated alkanes) is 3. The molecule has 0 spiro atoms. The van der Waals surface area contributed by atoms with Crippen molar-refractivity contribution in [2.75, 3.05) is 19.7 Å². The first-order valence-electron chi connectivity index (χ1n) is 10.8. The van der Waals surface area contributed by atoms with Gasteiger partial charge in [-0.2, -0.15) is 0 Å². The van der Waals surface area contributed by atoms with E-state index in [1.165, 1.54) is 6.92 Å². The quantitative estimate of drug-likeness (QED) is 0.533. The van der Waals surface area contributed by atoms with Crippen LogP contribution in [0.3, 0.4) is 0 Å². The second kappa shape index (κ2) is 10.1. The van der Waals surface area contributed by atoms with Crippen molar-refractivity contribution in [1.82, 2.24) is 10.2 Å². The van der Waals surface area contributed by atoms with E-state index in [4.69, 9.17) is 9.84 Å². The molecule has 0 saturated heterocycles. The molecule has 0 aromatic heterocycles. The summed E-state index contributed by atoms with van der Waals surface area (Å²) in [6.07, 6.45) is 4.14. The van der Waals surface area contributed by atoms with Crippen LogP contribution < -0.4 is 10.1 Å². The second-order valence-corrected chi connectivity index (χ2v) is 7.95. The van der Waals surface area contributed by atoms with Crippen LogP contribution in [0.4, 0.5) is 0 Å². The lowest BCUT2D eigenvalue weighted by atomic mass is 9.77. The van der Waals surface area contributed by atoms with Crippen molar-refractivity contribution in [2.45, 2.75) is 63.7 Å². The fourth-order valence-corrected chi connectivity index (χ4v) is 4.42. The van der Waals surface area contributed by atoms with Crippen LogP contribution in [-0.4, -0.2) is 64.9 Å². The van der Waals surface area contributed by atoms with Gasteiger partial charge in [-0.15, -0.1) is 0 Å². The summed E-state index contributed by atoms with van der Waals surface area (Å²) in [4.78, 5) is 27.0. The lowest BCUT2D eigenvalue weighted by Crippen LogP contribution is -2.55. The van der Waals surface area contributed by atoms with Gasteiger partial charge in [-0.3, -0.25) is 9.59 Å². The number of hydrogen-bond donors (Lipinski definition) is 3. The molecule has 7 nitrogen and oxygen atoms in total. The summed E-state index contributed by atoms with van der Waals surface area (Å²) >= 11 is 0. The van der Waals surface area contributed by atoms with E-state index in [1.807, 2.05) is 24.3 Å². The van der Waals surface area contributed by atoms with Gasteiger partial charge in [-0.25, -0.2) is 0 Å². The van der Waals surface area contributed by atoms with Gasteiger partial charge in [0.2, 0.25) is 11.8 Å². The summed E-state index contributed by atoms with van der Waals surface area (Å²) in [5.41, 5.74) is 1.32. The number of nitrogens with zero attached hydrogens (tertiary/aromatic N) is 1. The lowest BCUT2D eigenvalue weighted by molar-refractivity contribution is -0.135. The van der Waals surface area contributed by atoms with E-state index in [-0.39, 0.29) is 25.0 Å². The molecule has 3 rings (SSSR count). The summed E-state index contributed by atoms with van der Waals surface area (Å²) in [7, 11) is 0. The van der Waals surface area contributed by atoms with Crippen molar-refractivity contribution in [3.05, 3.63) is 41.5 Å². The van der Waals surface area contributed by atoms with Gasteiger partial charge < -0.3 is 25.2 Å². The molecular weight excluding hydrogens is 384 g/mol. The summed E-state index contributed by atoms with van der Waals surface area (Å²) in [5.74, 6) is -0.230. The normalized spacial score (nSPS) is 24.3. The summed E-state index contributed by atoms with van der Waals surface area (Å²) < 4.78 is 6.05. The lowest BCUT2D eigenvalue weighted by Gasteiger charge is -2.40. The molecule has 7 heteroatoms. The highest BCUT2D eigenvalue weighted by Crippen LogP contribution is 2.47. The van der Waals surface area contributed by atoms with Crippen LogP contribution in [0.2, 0.25) is 0 Å². The van der Waals surface area contributed by atoms with Gasteiger partial charge in [0.15, 0.2) is 0 Å². The third kappa shape index (κ3) is 4.52. The molecule has 1 aliphatic heterocycles. The number of carbonyl (C=O) groups excluding carboxylic acids is 2. The topological polar surface area (TPSA) is 99.1 Å². The predicted octanol–water partition coefficient (Wildman–Crippen LogP) is 1.74. The molecule has 2 amide bonds. The minimum Gasteiger partial charge on any atom is -0.486 e. The predicted molar refractivity (Wildman–Crippen MR) is 113 cm³/mol. The molecule has 1 heterocycles. The highest BCUT2D eigenvalue weighted by atomic mass is 16.5. The van der Waals surface area contributed by atoms with E-state index in [0.717, 1.165) is 31.2 Å². The van der Waals surface area contributed by atoms with Crippen molar-refractivity contribution in [3.63, 3.8) is 0 Å². The number of aliphatic hydroxyl groups is 2. The maximum absolute atomic E-state index is 12.9. The fraction of sp³-hybridized carbons (Fsp3) is 0.565. The fourth-order valence-electron chi connectivity index (χ4n) is 4.42. The van der Waals surface area contributed by atoms with E-state index in [1.54, 1.807) is 11.0 Å². The van der Waals surface area contributed by atoms with Crippen molar-refractivity contribution < 1.29 is 24.5 Å². The summed E-state index contributed by atoms with van der Waals surface area (Å²) in [5, 5.41) is 23.0. The number of aliphatic hydroxyl groups excluding tert-OH is 2. The molecule has 4 atom stereocenters. The molecule has 0 saturated carbocycles. The number of carbonyl (C=O) groups is 2. The van der Waals surface area contributed by atoms with Gasteiger partial charge in [0, 0.05) is 31.1 Å². The Kier molecular flexibility index (Phi) is 7.50. The standard InChI is InChI=1S/C23H32N2O5/c1-3-4-5-8-12-25(15(2)27)18-14-17(23(29)24-11-13-26)20-16-9-6-7-10-19(16)30-22(20)21(18)28/h6-7,9-10,14,18,20-22,26,28H,3-5,8,11-13H2,1-2H3,(H,24,29). The van der Waals surface area contributed by atoms with Crippen molar-refractivity contribution in [2.24, 2.45) is 0 Å². The average Bonchev–Trinajstić information content (AvgIpc) is 3.13. The summed E-state index contributed by atoms with van der Waals surface area (Å²) in [6, 6.07) is 6.81. The van der Waals surface area contributed by atoms with E-state index < -0.39 is 24.2 Å². The molecule has 1 aromatic carbocycles. The molecule has 2 aliphatic rings. The number of para-hydroxylation sites is 1. The van der Waals surface area contributed by atoms with E-state index in [0.29, 0.717) is 17.9 Å². The van der Waals surface area contributed by atoms with Gasteiger partial charge in [0.1, 0.15) is 18.0 Å². The Morgan fingerprint density at radius 2 is 1.97 bits per heavy atom. The zero-order valence-corrected chi connectivity index (χ0v) is 17.7. The SMILES string of the molecule is CCCCCCN(C(C)=O)C1C=C(C(=O)NCCO)C2c3ccccc3OC2C1O. The third-order valence-electron chi connectivity index (χ3n) is 5.89. The van der Waals surface area contributed by atoms with Gasteiger partial charge in [-0.1, -0.05) is 44.4 Å². The van der Waals surface area contributed by atoms with Crippen molar-refractivity contribution in [1.29, 1.82) is 0 Å². The molecule has 0 bridgehead atoms. The van der Waals surface area contributed by atoms with Crippen LogP contribution in [0.15, 0.2) is 35.9 Å². The Hall–Kier alpha value is -2.38. The number of amides is 2. The van der Waals surface area contributed by atoms with Crippen LogP contribution in [0.1, 0.15) is 51.0 Å². The van der Waals surface area contributed by atoms with E-state index in [9.17, 15) is 14.7 Å². The highest BCUT2D eigenvalue weighted by Gasteiger charge is 2.50. The smallest absolute Gasteiger partial charge is 0.247 e. The van der Waals surface area contributed by atoms with Crippen LogP contribution in [0.25, 0.3) is 0 Å². The van der Waals surface area contributed by atoms with E-state index in [2.05, 4.69) is 12.2 Å². The zero-order chi connectivity index (χ0) is 21.7. The first kappa shape index (κ1) is 22.3. The maximum Gasteiger partial charge on any atom is 0.247 e. The first-order chi connectivity index (χ1) is 14.5. The number of nitrogens with one attached hydrogen (secondary N) is 1. The minimum atomic E-state index is -0.952. The average molecular weight is 417 g/mol. The van der Waals surface area contributed by atoms with Gasteiger partial charge in [0.05, 0.1) is 18.6 Å². The Morgan fingerprint density at radius 3 is 2.67 bits per heavy atom. The Morgan fingerprint density at radius 1 is 1.20 bits per heavy atom. The highest BCUT2D eigenvalue weighted by molar-refractivity contribution is 5.96. The monoisotopic (exact) mass is 416 g/mol. The number of rotatable bonds is 9. The summed E-state index contributed by atoms with van der Waals surface area (Å²) in [6.45, 7) is 4.11. The molecule has 0 fully saturated rings. The third-order valence-corrected chi connectivity index (χ3v) is 5.89. The van der Waals surface area contributed by atoms with Crippen LogP contribution in [0, 0.1) is 0 Å². The number of ether oxygens (including phenoxy) is 1. The largest absolute Gasteiger partial charge is 0.486 e. The second-order valence-electron chi connectivity index (χ2n) is 7.95. The first-order valence-corrected chi connectivity index (χ1v) is 10.8. The molecule has 3 N–H and O–H groups in total. The van der Waals surface area contributed by atoms with Gasteiger partial charge in [0.25, 0.3) is 0 Å². The maximum atomic E-state index is 12.9. The zero-order valence-electron chi connectivity index (χ0n) is 17.7. The van der Waals surface area contributed by atoms with Crippen molar-refractivity contribution in [3.8, 4) is 5.75 Å². The van der Waals surface area contributed by atoms with Crippen LogP contribution >= 0.6 is 0 Å². The van der Waals surface area contributed by atoms with E-state index >= 15 is 0 Å². The molecular formula is C23H32N2O5. The number of hydrogen-bond acceptors (Lipinski definition) is 5. The van der Waals surface area contributed by atoms with Crippen LogP contribution in [0.5, 0.6) is 5.75 Å². The Balaban J connectivity index is 1.93. The van der Waals surface area contributed by atoms with Crippen molar-refractivity contribution >= 4 is 11.8 Å². The molecule has 1 aromatic rings. The van der Waals surface area contributed by atoms with Gasteiger partial charge in [-0.05, 0) is 18.6 Å². The van der Waals surface area contributed by atoms with Crippen LogP contribution in [-0.2, 0) is 9.59 Å². The minimum absolute atomic E-state index is 0.136. The molecule has 30 heavy (non-hydrogen) atoms. The molecule has 164 valence electrons. The molecule has 1 aliphatic carbocycles. The molecule has 0 radical (unpaired) electrons. The number of fused-ring (bicyclic) bond motifs is 3. The Labute approximate surface area is 177 Å². The number of benzene rings is 1. The Bertz CT molecular complexity index is 794. The molecule has 4 unspecified atom stereocenters. The van der Waals surface area contributed by atoms with Gasteiger partial charge >= 0.3 is 0 Å².